The molecule has 0 spiro atoms. The number of aromatic nitrogens is 2. The number of pyridine rings is 1. The summed E-state index contributed by atoms with van der Waals surface area (Å²) in [5.74, 6) is -0.636. The van der Waals surface area contributed by atoms with E-state index in [1.165, 1.54) is 6.07 Å². The summed E-state index contributed by atoms with van der Waals surface area (Å²) < 4.78 is 57.8. The summed E-state index contributed by atoms with van der Waals surface area (Å²) >= 11 is 0. The Bertz CT molecular complexity index is 980. The van der Waals surface area contributed by atoms with Crippen molar-refractivity contribution < 1.29 is 26.9 Å². The molecule has 1 saturated carbocycles. The highest BCUT2D eigenvalue weighted by Gasteiger charge is 2.47. The predicted octanol–water partition coefficient (Wildman–Crippen LogP) is 4.73. The average molecular weight is 426 g/mol. The Kier molecular flexibility index (Phi) is 4.78. The number of rotatable bonds is 4. The molecule has 2 atom stereocenters. The zero-order chi connectivity index (χ0) is 21.8. The van der Waals surface area contributed by atoms with Gasteiger partial charge in [-0.3, -0.25) is 4.79 Å². The van der Waals surface area contributed by atoms with Crippen molar-refractivity contribution in [2.75, 3.05) is 16.8 Å². The second kappa shape index (κ2) is 6.95. The molecule has 0 radical (unpaired) electrons. The van der Waals surface area contributed by atoms with Crippen LogP contribution in [0.4, 0.5) is 29.1 Å². The van der Waals surface area contributed by atoms with E-state index in [9.17, 15) is 22.4 Å². The second-order valence-corrected chi connectivity index (χ2v) is 9.17. The molecule has 1 aliphatic heterocycles. The van der Waals surface area contributed by atoms with Crippen LogP contribution in [0.3, 0.4) is 0 Å². The van der Waals surface area contributed by atoms with Crippen molar-refractivity contribution in [1.82, 2.24) is 10.1 Å². The molecule has 0 saturated heterocycles. The molecular weight excluding hydrogens is 404 g/mol. The fourth-order valence-electron chi connectivity index (χ4n) is 3.79. The van der Waals surface area contributed by atoms with Crippen molar-refractivity contribution in [3.63, 3.8) is 0 Å². The van der Waals surface area contributed by atoms with Gasteiger partial charge in [-0.05, 0) is 17.8 Å². The number of anilines is 2. The summed E-state index contributed by atoms with van der Waals surface area (Å²) in [6.45, 7) is 6.31. The molecule has 1 amide bonds. The third-order valence-electron chi connectivity index (χ3n) is 5.20. The minimum absolute atomic E-state index is 0.0240. The molecule has 10 heteroatoms. The Hall–Kier alpha value is -2.65. The number of fused-ring (bicyclic) bond motifs is 3. The number of alkyl halides is 3. The molecule has 1 N–H and O–H groups in total. The number of carbonyl (C=O) groups excluding carboxylic acids is 1. The number of amides is 1. The Morgan fingerprint density at radius 2 is 2.03 bits per heavy atom. The second-order valence-electron chi connectivity index (χ2n) is 9.17. The van der Waals surface area contributed by atoms with Crippen molar-refractivity contribution in [2.24, 2.45) is 11.3 Å². The van der Waals surface area contributed by atoms with E-state index in [0.29, 0.717) is 23.8 Å². The zero-order valence-electron chi connectivity index (χ0n) is 16.8. The number of hydrogen-bond acceptors (Lipinski definition) is 5. The van der Waals surface area contributed by atoms with Crippen molar-refractivity contribution >= 4 is 17.4 Å². The predicted molar refractivity (Wildman–Crippen MR) is 100 cm³/mol. The Labute approximate surface area is 170 Å². The van der Waals surface area contributed by atoms with Gasteiger partial charge < -0.3 is 14.7 Å². The molecule has 6 nitrogen and oxygen atoms in total. The van der Waals surface area contributed by atoms with Gasteiger partial charge in [-0.25, -0.2) is 9.37 Å². The maximum Gasteiger partial charge on any atom is 0.436 e. The molecule has 2 unspecified atom stereocenters. The lowest BCUT2D eigenvalue weighted by Gasteiger charge is -2.30. The lowest BCUT2D eigenvalue weighted by atomic mass is 9.92. The maximum absolute atomic E-state index is 14.7. The Morgan fingerprint density at radius 3 is 2.67 bits per heavy atom. The Morgan fingerprint density at radius 1 is 1.30 bits per heavy atom. The maximum atomic E-state index is 14.7. The van der Waals surface area contributed by atoms with E-state index in [-0.39, 0.29) is 41.8 Å². The van der Waals surface area contributed by atoms with Crippen LogP contribution >= 0.6 is 0 Å². The summed E-state index contributed by atoms with van der Waals surface area (Å²) in [6, 6.07) is 2.13. The van der Waals surface area contributed by atoms with E-state index in [1.807, 2.05) is 20.8 Å². The number of carbonyl (C=O) groups is 1. The molecule has 2 aliphatic rings. The first-order valence-corrected chi connectivity index (χ1v) is 9.69. The van der Waals surface area contributed by atoms with Gasteiger partial charge in [0.1, 0.15) is 0 Å². The molecule has 1 aliphatic carbocycles. The summed E-state index contributed by atoms with van der Waals surface area (Å²) in [6.07, 6.45) is -3.50. The zero-order valence-corrected chi connectivity index (χ0v) is 16.8. The summed E-state index contributed by atoms with van der Waals surface area (Å²) in [5.41, 5.74) is -0.195. The largest absolute Gasteiger partial charge is 0.436 e. The lowest BCUT2D eigenvalue weighted by molar-refractivity contribution is -0.142. The van der Waals surface area contributed by atoms with Gasteiger partial charge in [0.05, 0.1) is 17.9 Å². The van der Waals surface area contributed by atoms with E-state index in [1.54, 1.807) is 4.90 Å². The highest BCUT2D eigenvalue weighted by molar-refractivity contribution is 5.90. The molecule has 1 fully saturated rings. The molecule has 162 valence electrons. The van der Waals surface area contributed by atoms with Crippen LogP contribution < -0.4 is 10.2 Å². The van der Waals surface area contributed by atoms with Crippen molar-refractivity contribution in [3.8, 4) is 0 Å². The third-order valence-corrected chi connectivity index (χ3v) is 5.20. The third kappa shape index (κ3) is 4.27. The van der Waals surface area contributed by atoms with Gasteiger partial charge in [0, 0.05) is 31.0 Å². The first-order valence-electron chi connectivity index (χ1n) is 9.69. The topological polar surface area (TPSA) is 71.3 Å². The normalized spacial score (nSPS) is 20.6. The van der Waals surface area contributed by atoms with Gasteiger partial charge in [-0.15, -0.1) is 0 Å². The van der Waals surface area contributed by atoms with Crippen LogP contribution in [0.1, 0.15) is 56.7 Å². The van der Waals surface area contributed by atoms with E-state index < -0.39 is 17.7 Å². The Balaban J connectivity index is 1.57. The summed E-state index contributed by atoms with van der Waals surface area (Å²) in [4.78, 5) is 18.3. The van der Waals surface area contributed by atoms with E-state index in [4.69, 9.17) is 4.52 Å². The van der Waals surface area contributed by atoms with E-state index in [0.717, 1.165) is 12.5 Å². The van der Waals surface area contributed by atoms with Gasteiger partial charge in [-0.1, -0.05) is 25.9 Å². The quantitative estimate of drug-likeness (QED) is 0.716. The molecule has 30 heavy (non-hydrogen) atoms. The van der Waals surface area contributed by atoms with Crippen LogP contribution in [0.25, 0.3) is 0 Å². The monoisotopic (exact) mass is 426 g/mol. The molecular formula is C20H22F4N4O2. The van der Waals surface area contributed by atoms with Gasteiger partial charge in [0.15, 0.2) is 23.1 Å². The number of hydrogen-bond donors (Lipinski definition) is 1. The minimum Gasteiger partial charge on any atom is -0.362 e. The first kappa shape index (κ1) is 20.6. The fraction of sp³-hybridized carbons (Fsp3) is 0.550. The summed E-state index contributed by atoms with van der Waals surface area (Å²) in [5, 5.41) is 5.61. The highest BCUT2D eigenvalue weighted by Crippen LogP contribution is 2.54. The van der Waals surface area contributed by atoms with Gasteiger partial charge in [0.25, 0.3) is 0 Å². The first-order chi connectivity index (χ1) is 13.9. The number of halogens is 4. The molecule has 2 aromatic rings. The minimum atomic E-state index is -4.59. The number of nitrogens with one attached hydrogen (secondary N) is 1. The molecule has 4 rings (SSSR count). The van der Waals surface area contributed by atoms with Crippen LogP contribution in [-0.2, 0) is 17.5 Å². The highest BCUT2D eigenvalue weighted by atomic mass is 19.4. The molecule has 2 aromatic heterocycles. The van der Waals surface area contributed by atoms with Crippen LogP contribution in [0, 0.1) is 17.2 Å². The van der Waals surface area contributed by atoms with E-state index >= 15 is 0 Å². The van der Waals surface area contributed by atoms with Crippen LogP contribution in [0.15, 0.2) is 16.7 Å². The molecule has 0 bridgehead atoms. The van der Waals surface area contributed by atoms with Gasteiger partial charge in [0.2, 0.25) is 5.91 Å². The van der Waals surface area contributed by atoms with Crippen LogP contribution in [0.2, 0.25) is 0 Å². The lowest BCUT2D eigenvalue weighted by Crippen LogP contribution is -2.30. The average Bonchev–Trinajstić information content (AvgIpc) is 3.20. The van der Waals surface area contributed by atoms with Crippen molar-refractivity contribution in [2.45, 2.75) is 52.3 Å². The number of nitrogens with zero attached hydrogens (tertiary/aromatic N) is 3. The van der Waals surface area contributed by atoms with Gasteiger partial charge in [-0.2, -0.15) is 13.2 Å². The smallest absolute Gasteiger partial charge is 0.362 e. The van der Waals surface area contributed by atoms with Crippen molar-refractivity contribution in [1.29, 1.82) is 0 Å². The SMILES string of the molecule is CC(C)(C)CC(=O)Nc1nc2c(cc1F)N(Cc1cc(C(F)(F)F)no1)CC1CC21. The fourth-order valence-corrected chi connectivity index (χ4v) is 3.79. The van der Waals surface area contributed by atoms with Gasteiger partial charge >= 0.3 is 6.18 Å². The summed E-state index contributed by atoms with van der Waals surface area (Å²) in [7, 11) is 0. The molecule has 0 aromatic carbocycles. The van der Waals surface area contributed by atoms with Crippen LogP contribution in [-0.4, -0.2) is 22.6 Å². The molecule has 3 heterocycles. The van der Waals surface area contributed by atoms with Crippen molar-refractivity contribution in [3.05, 3.63) is 35.1 Å². The van der Waals surface area contributed by atoms with Crippen LogP contribution in [0.5, 0.6) is 0 Å². The van der Waals surface area contributed by atoms with E-state index in [2.05, 4.69) is 15.5 Å². The standard InChI is InChI=1S/C20H22F4N4O2/c1-19(2,3)7-16(29)25-18-13(21)6-14-17(26-18)12-4-10(12)8-28(14)9-11-5-15(27-30-11)20(22,23)24/h5-6,10,12H,4,7-9H2,1-3H3,(H,25,26,29).